The van der Waals surface area contributed by atoms with Crippen LogP contribution in [0.3, 0.4) is 0 Å². The molecule has 0 saturated heterocycles. The number of hydrogen-bond acceptors (Lipinski definition) is 5. The molecule has 136 valence electrons. The van der Waals surface area contributed by atoms with Crippen molar-refractivity contribution in [2.75, 3.05) is 0 Å². The van der Waals surface area contributed by atoms with Crippen LogP contribution < -0.4 is 29.6 Å². The van der Waals surface area contributed by atoms with Crippen molar-refractivity contribution in [2.45, 2.75) is 4.90 Å². The number of benzene rings is 2. The quantitative estimate of drug-likeness (QED) is 0.102. The molecule has 0 aromatic heterocycles. The molecule has 0 bridgehead atoms. The first-order valence-corrected chi connectivity index (χ1v) is 9.04. The molecule has 2 aromatic rings. The average molecular weight is 403 g/mol. The standard InChI is InChI=1S/C19H15N3O4S.Na/c1-2-15-17(21-22-20)13-12-16(19(15)27(24,25)26)18(23)11-7-6-10-14-8-4-3-5-9-14;/h2-13H,1H2,(H,24,25,26);/q;+1/p-1/b10-6+,11-7+;. The smallest absolute Gasteiger partial charge is 0.744 e. The first-order valence-electron chi connectivity index (χ1n) is 7.63. The molecule has 0 atom stereocenters. The van der Waals surface area contributed by atoms with Crippen LogP contribution in [0.2, 0.25) is 0 Å². The van der Waals surface area contributed by atoms with Gasteiger partial charge in [0.05, 0.1) is 4.90 Å². The molecule has 0 spiro atoms. The summed E-state index contributed by atoms with van der Waals surface area (Å²) in [6.45, 7) is 3.43. The van der Waals surface area contributed by atoms with E-state index in [1.807, 2.05) is 30.3 Å². The first kappa shape index (κ1) is 23.6. The molecular formula is C19H14N3NaO4S. The van der Waals surface area contributed by atoms with Crippen LogP contribution in [0, 0.1) is 0 Å². The van der Waals surface area contributed by atoms with Gasteiger partial charge in [-0.2, -0.15) is 0 Å². The van der Waals surface area contributed by atoms with Gasteiger partial charge in [-0.25, -0.2) is 8.42 Å². The predicted octanol–water partition coefficient (Wildman–Crippen LogP) is 1.63. The summed E-state index contributed by atoms with van der Waals surface area (Å²) in [6.07, 6.45) is 7.01. The van der Waals surface area contributed by atoms with Crippen LogP contribution in [0.25, 0.3) is 22.6 Å². The van der Waals surface area contributed by atoms with E-state index in [0.29, 0.717) is 0 Å². The summed E-state index contributed by atoms with van der Waals surface area (Å²) in [6, 6.07) is 11.7. The fourth-order valence-corrected chi connectivity index (χ4v) is 3.24. The monoisotopic (exact) mass is 403 g/mol. The third-order valence-corrected chi connectivity index (χ3v) is 4.43. The Morgan fingerprint density at radius 2 is 1.82 bits per heavy atom. The van der Waals surface area contributed by atoms with Crippen molar-refractivity contribution < 1.29 is 47.3 Å². The summed E-state index contributed by atoms with van der Waals surface area (Å²) in [4.78, 5) is 14.2. The molecule has 0 unspecified atom stereocenters. The number of azide groups is 1. The maximum atomic E-state index is 12.4. The molecule has 0 radical (unpaired) electrons. The third-order valence-electron chi connectivity index (χ3n) is 3.49. The van der Waals surface area contributed by atoms with Crippen molar-refractivity contribution in [3.05, 3.63) is 94.4 Å². The van der Waals surface area contributed by atoms with Crippen LogP contribution in [-0.4, -0.2) is 18.8 Å². The maximum absolute atomic E-state index is 12.4. The van der Waals surface area contributed by atoms with Gasteiger partial charge < -0.3 is 4.55 Å². The summed E-state index contributed by atoms with van der Waals surface area (Å²) in [7, 11) is -5.01. The van der Waals surface area contributed by atoms with Gasteiger partial charge >= 0.3 is 29.6 Å². The molecule has 0 aliphatic rings. The van der Waals surface area contributed by atoms with Gasteiger partial charge in [-0.3, -0.25) is 4.79 Å². The third kappa shape index (κ3) is 6.03. The van der Waals surface area contributed by atoms with Crippen molar-refractivity contribution in [1.29, 1.82) is 0 Å². The zero-order valence-corrected chi connectivity index (χ0v) is 17.8. The summed E-state index contributed by atoms with van der Waals surface area (Å²) in [5.74, 6) is -0.683. The van der Waals surface area contributed by atoms with Crippen molar-refractivity contribution >= 4 is 33.7 Å². The van der Waals surface area contributed by atoms with Crippen molar-refractivity contribution in [3.63, 3.8) is 0 Å². The van der Waals surface area contributed by atoms with Gasteiger partial charge in [-0.15, -0.1) is 0 Å². The molecule has 7 nitrogen and oxygen atoms in total. The van der Waals surface area contributed by atoms with E-state index in [1.165, 1.54) is 12.1 Å². The fraction of sp³-hybridized carbons (Fsp3) is 0. The van der Waals surface area contributed by atoms with Crippen LogP contribution in [0.4, 0.5) is 5.69 Å². The Bertz CT molecular complexity index is 1090. The van der Waals surface area contributed by atoms with Gasteiger partial charge in [0.25, 0.3) is 0 Å². The van der Waals surface area contributed by atoms with Gasteiger partial charge in [-0.1, -0.05) is 72.4 Å². The number of hydrogen-bond donors (Lipinski definition) is 0. The molecule has 28 heavy (non-hydrogen) atoms. The number of carbonyl (C=O) groups is 1. The Hall–Kier alpha value is -2.45. The molecule has 2 rings (SSSR count). The van der Waals surface area contributed by atoms with E-state index in [4.69, 9.17) is 5.53 Å². The number of carbonyl (C=O) groups excluding carboxylic acids is 1. The molecule has 0 aliphatic carbocycles. The van der Waals surface area contributed by atoms with Gasteiger partial charge in [-0.05, 0) is 23.2 Å². The summed E-state index contributed by atoms with van der Waals surface area (Å²) in [5.41, 5.74) is 8.85. The molecular weight excluding hydrogens is 389 g/mol. The Balaban J connectivity index is 0.00000392. The van der Waals surface area contributed by atoms with Gasteiger partial charge in [0.2, 0.25) is 0 Å². The van der Waals surface area contributed by atoms with E-state index < -0.39 is 20.8 Å². The molecule has 0 saturated carbocycles. The fourth-order valence-electron chi connectivity index (χ4n) is 2.35. The Labute approximate surface area is 184 Å². The van der Waals surface area contributed by atoms with Gasteiger partial charge in [0, 0.05) is 21.7 Å². The van der Waals surface area contributed by atoms with Crippen molar-refractivity contribution in [1.82, 2.24) is 0 Å². The second-order valence-corrected chi connectivity index (χ2v) is 6.53. The Morgan fingerprint density at radius 1 is 1.14 bits per heavy atom. The van der Waals surface area contributed by atoms with Crippen molar-refractivity contribution in [3.8, 4) is 0 Å². The number of rotatable bonds is 7. The van der Waals surface area contributed by atoms with Gasteiger partial charge in [0.15, 0.2) is 5.78 Å². The van der Waals surface area contributed by atoms with Crippen LogP contribution in [-0.2, 0) is 10.1 Å². The topological polar surface area (TPSA) is 123 Å². The van der Waals surface area contributed by atoms with E-state index in [-0.39, 0.29) is 46.4 Å². The minimum atomic E-state index is -5.01. The second kappa shape index (κ2) is 10.8. The molecule has 9 heteroatoms. The second-order valence-electron chi connectivity index (χ2n) is 5.22. The molecule has 0 N–H and O–H groups in total. The summed E-state index contributed by atoms with van der Waals surface area (Å²) < 4.78 is 35.0. The molecule has 0 heterocycles. The Kier molecular flexibility index (Phi) is 9.08. The molecule has 0 aliphatic heterocycles. The van der Waals surface area contributed by atoms with Crippen molar-refractivity contribution in [2.24, 2.45) is 5.11 Å². The zero-order chi connectivity index (χ0) is 19.9. The Morgan fingerprint density at radius 3 is 2.39 bits per heavy atom. The predicted molar refractivity (Wildman–Crippen MR) is 102 cm³/mol. The number of ketones is 1. The normalized spacial score (nSPS) is 11.0. The largest absolute Gasteiger partial charge is 1.00 e. The SMILES string of the molecule is C=Cc1c(N=[N+]=[N-])ccc(C(=O)/C=C/C=C/c2ccccc2)c1S(=O)(=O)[O-].[Na+]. The van der Waals surface area contributed by atoms with Crippen LogP contribution >= 0.6 is 0 Å². The summed E-state index contributed by atoms with van der Waals surface area (Å²) in [5, 5.41) is 3.33. The van der Waals surface area contributed by atoms with Gasteiger partial charge in [0.1, 0.15) is 10.1 Å². The number of nitrogens with zero attached hydrogens (tertiary/aromatic N) is 3. The van der Waals surface area contributed by atoms with Crippen LogP contribution in [0.5, 0.6) is 0 Å². The van der Waals surface area contributed by atoms with E-state index in [0.717, 1.165) is 23.8 Å². The summed E-state index contributed by atoms with van der Waals surface area (Å²) >= 11 is 0. The van der Waals surface area contributed by atoms with Crippen LogP contribution in [0.1, 0.15) is 21.5 Å². The van der Waals surface area contributed by atoms with Crippen LogP contribution in [0.15, 0.2) is 77.3 Å². The zero-order valence-electron chi connectivity index (χ0n) is 15.0. The molecule has 2 aromatic carbocycles. The first-order chi connectivity index (χ1) is 12.9. The minimum absolute atomic E-state index is 0. The van der Waals surface area contributed by atoms with E-state index in [2.05, 4.69) is 16.6 Å². The average Bonchev–Trinajstić information content (AvgIpc) is 2.65. The minimum Gasteiger partial charge on any atom is -0.744 e. The molecule has 0 fully saturated rings. The molecule has 0 amide bonds. The van der Waals surface area contributed by atoms with E-state index in [9.17, 15) is 17.8 Å². The van der Waals surface area contributed by atoms with E-state index in [1.54, 1.807) is 12.2 Å². The maximum Gasteiger partial charge on any atom is 1.00 e. The van der Waals surface area contributed by atoms with E-state index >= 15 is 0 Å². The number of allylic oxidation sites excluding steroid dienone is 3.